The van der Waals surface area contributed by atoms with Crippen LogP contribution in [0.15, 0.2) is 34.3 Å². The average molecular weight is 369 g/mol. The predicted molar refractivity (Wildman–Crippen MR) is 97.2 cm³/mol. The molecule has 7 heteroatoms. The first-order valence-electron chi connectivity index (χ1n) is 8.12. The van der Waals surface area contributed by atoms with E-state index in [1.54, 1.807) is 26.0 Å². The maximum absolute atomic E-state index is 12.5. The van der Waals surface area contributed by atoms with Crippen molar-refractivity contribution >= 4 is 21.8 Å². The number of carbonyl (C=O) groups is 1. The molecule has 1 rings (SSSR count). The van der Waals surface area contributed by atoms with Crippen LogP contribution in [0.3, 0.4) is 0 Å². The third kappa shape index (κ3) is 5.64. The van der Waals surface area contributed by atoms with E-state index in [0.29, 0.717) is 18.6 Å². The van der Waals surface area contributed by atoms with Crippen LogP contribution in [0.2, 0.25) is 0 Å². The highest BCUT2D eigenvalue weighted by atomic mass is 32.2. The van der Waals surface area contributed by atoms with Gasteiger partial charge < -0.3 is 4.84 Å². The Kier molecular flexibility index (Phi) is 6.53. The van der Waals surface area contributed by atoms with E-state index < -0.39 is 20.9 Å². The quantitative estimate of drug-likeness (QED) is 0.340. The summed E-state index contributed by atoms with van der Waals surface area (Å²) in [4.78, 5) is 17.3. The van der Waals surface area contributed by atoms with Crippen LogP contribution in [0, 0.1) is 5.41 Å². The van der Waals surface area contributed by atoms with Crippen LogP contribution >= 0.6 is 0 Å². The summed E-state index contributed by atoms with van der Waals surface area (Å²) in [6.45, 7) is 11.2. The van der Waals surface area contributed by atoms with Gasteiger partial charge in [-0.15, -0.1) is 0 Å². The summed E-state index contributed by atoms with van der Waals surface area (Å²) in [7, 11) is -4.22. The largest absolute Gasteiger partial charge is 0.340 e. The molecule has 1 aromatic rings. The van der Waals surface area contributed by atoms with Gasteiger partial charge in [0.2, 0.25) is 0 Å². The summed E-state index contributed by atoms with van der Waals surface area (Å²) >= 11 is 0. The first kappa shape index (κ1) is 21.3. The van der Waals surface area contributed by atoms with E-state index in [1.165, 1.54) is 12.1 Å². The first-order valence-corrected chi connectivity index (χ1v) is 9.56. The molecule has 1 atom stereocenters. The Morgan fingerprint density at radius 2 is 1.68 bits per heavy atom. The zero-order valence-electron chi connectivity index (χ0n) is 15.7. The van der Waals surface area contributed by atoms with Crippen LogP contribution in [-0.2, 0) is 25.2 Å². The van der Waals surface area contributed by atoms with Crippen LogP contribution in [0.5, 0.6) is 0 Å². The zero-order chi connectivity index (χ0) is 19.5. The van der Waals surface area contributed by atoms with Crippen molar-refractivity contribution in [3.05, 3.63) is 29.8 Å². The van der Waals surface area contributed by atoms with Gasteiger partial charge in [0.05, 0.1) is 16.0 Å². The van der Waals surface area contributed by atoms with Gasteiger partial charge in [-0.1, -0.05) is 38.1 Å². The van der Waals surface area contributed by atoms with Crippen molar-refractivity contribution in [3.63, 3.8) is 0 Å². The molecule has 1 unspecified atom stereocenters. The SMILES string of the molecule is CCC(C)(CC(C)(C)c1ccc(S(=O)(=O)O)cc1)C(=O)ON=C(C)C. The van der Waals surface area contributed by atoms with Gasteiger partial charge in [-0.2, -0.15) is 8.42 Å². The molecule has 0 amide bonds. The molecule has 0 bridgehead atoms. The fourth-order valence-electron chi connectivity index (χ4n) is 2.74. The van der Waals surface area contributed by atoms with Gasteiger partial charge in [-0.05, 0) is 56.7 Å². The molecule has 0 aliphatic heterocycles. The Hall–Kier alpha value is -1.73. The molecule has 0 aliphatic rings. The highest BCUT2D eigenvalue weighted by molar-refractivity contribution is 7.85. The molecule has 0 saturated heterocycles. The molecular formula is C18H27NO5S. The Balaban J connectivity index is 3.07. The second-order valence-corrected chi connectivity index (χ2v) is 8.81. The molecule has 0 heterocycles. The lowest BCUT2D eigenvalue weighted by molar-refractivity contribution is -0.156. The third-order valence-corrected chi connectivity index (χ3v) is 5.22. The van der Waals surface area contributed by atoms with Gasteiger partial charge in [0, 0.05) is 0 Å². The number of hydrogen-bond donors (Lipinski definition) is 1. The third-order valence-electron chi connectivity index (χ3n) is 4.35. The number of rotatable bonds is 7. The van der Waals surface area contributed by atoms with E-state index in [-0.39, 0.29) is 10.9 Å². The minimum absolute atomic E-state index is 0.155. The molecule has 0 fully saturated rings. The normalized spacial score (nSPS) is 14.5. The molecule has 0 radical (unpaired) electrons. The van der Waals surface area contributed by atoms with Crippen molar-refractivity contribution in [1.82, 2.24) is 0 Å². The van der Waals surface area contributed by atoms with Crippen molar-refractivity contribution < 1.29 is 22.6 Å². The maximum atomic E-state index is 12.5. The standard InChI is InChI=1S/C18H27NO5S/c1-7-18(6,16(20)24-19-13(2)3)12-17(4,5)14-8-10-15(11-9-14)25(21,22)23/h8-11H,7,12H2,1-6H3,(H,21,22,23). The lowest BCUT2D eigenvalue weighted by Gasteiger charge is -2.35. The highest BCUT2D eigenvalue weighted by Crippen LogP contribution is 2.40. The van der Waals surface area contributed by atoms with Crippen molar-refractivity contribution in [2.45, 2.75) is 64.7 Å². The van der Waals surface area contributed by atoms with E-state index in [9.17, 15) is 13.2 Å². The zero-order valence-corrected chi connectivity index (χ0v) is 16.5. The lowest BCUT2D eigenvalue weighted by Crippen LogP contribution is -2.35. The molecule has 1 N–H and O–H groups in total. The second-order valence-electron chi connectivity index (χ2n) is 7.39. The van der Waals surface area contributed by atoms with Crippen LogP contribution in [-0.4, -0.2) is 24.7 Å². The van der Waals surface area contributed by atoms with Crippen LogP contribution in [0.1, 0.15) is 59.9 Å². The fraction of sp³-hybridized carbons (Fsp3) is 0.556. The van der Waals surface area contributed by atoms with Gasteiger partial charge >= 0.3 is 5.97 Å². The van der Waals surface area contributed by atoms with Crippen LogP contribution in [0.4, 0.5) is 0 Å². The van der Waals surface area contributed by atoms with E-state index in [1.807, 2.05) is 27.7 Å². The summed E-state index contributed by atoms with van der Waals surface area (Å²) in [6.07, 6.45) is 1.08. The minimum atomic E-state index is -4.22. The predicted octanol–water partition coefficient (Wildman–Crippen LogP) is 3.96. The van der Waals surface area contributed by atoms with Crippen molar-refractivity contribution in [3.8, 4) is 0 Å². The lowest BCUT2D eigenvalue weighted by atomic mass is 9.69. The molecular weight excluding hydrogens is 342 g/mol. The first-order chi connectivity index (χ1) is 11.3. The summed E-state index contributed by atoms with van der Waals surface area (Å²) in [5, 5.41) is 3.75. The highest BCUT2D eigenvalue weighted by Gasteiger charge is 2.40. The molecule has 0 spiro atoms. The molecule has 0 aliphatic carbocycles. The molecule has 140 valence electrons. The Morgan fingerprint density at radius 1 is 1.16 bits per heavy atom. The van der Waals surface area contributed by atoms with E-state index in [4.69, 9.17) is 9.39 Å². The monoisotopic (exact) mass is 369 g/mol. The fourth-order valence-corrected chi connectivity index (χ4v) is 3.22. The van der Waals surface area contributed by atoms with Gasteiger partial charge in [0.25, 0.3) is 10.1 Å². The van der Waals surface area contributed by atoms with Crippen molar-refractivity contribution in [1.29, 1.82) is 0 Å². The maximum Gasteiger partial charge on any atom is 0.340 e. The van der Waals surface area contributed by atoms with E-state index in [0.717, 1.165) is 5.56 Å². The second kappa shape index (κ2) is 7.66. The summed E-state index contributed by atoms with van der Waals surface area (Å²) < 4.78 is 31.4. The topological polar surface area (TPSA) is 93.0 Å². The summed E-state index contributed by atoms with van der Waals surface area (Å²) in [5.74, 6) is -0.390. The number of oxime groups is 1. The molecule has 25 heavy (non-hydrogen) atoms. The van der Waals surface area contributed by atoms with Crippen LogP contribution < -0.4 is 0 Å². The molecule has 6 nitrogen and oxygen atoms in total. The average Bonchev–Trinajstić information content (AvgIpc) is 2.51. The Labute approximate surface area is 150 Å². The Bertz CT molecular complexity index is 746. The van der Waals surface area contributed by atoms with Gasteiger partial charge in [-0.3, -0.25) is 4.55 Å². The number of hydrogen-bond acceptors (Lipinski definition) is 5. The number of carbonyl (C=O) groups excluding carboxylic acids is 1. The summed E-state index contributed by atoms with van der Waals surface area (Å²) in [5.41, 5.74) is 0.380. The van der Waals surface area contributed by atoms with Crippen LogP contribution in [0.25, 0.3) is 0 Å². The summed E-state index contributed by atoms with van der Waals surface area (Å²) in [6, 6.07) is 6.02. The van der Waals surface area contributed by atoms with Gasteiger partial charge in [-0.25, -0.2) is 4.79 Å². The van der Waals surface area contributed by atoms with E-state index >= 15 is 0 Å². The number of benzene rings is 1. The van der Waals surface area contributed by atoms with Crippen molar-refractivity contribution in [2.75, 3.05) is 0 Å². The minimum Gasteiger partial charge on any atom is -0.318 e. The molecule has 0 aromatic heterocycles. The van der Waals surface area contributed by atoms with E-state index in [2.05, 4.69) is 5.16 Å². The molecule has 0 saturated carbocycles. The Morgan fingerprint density at radius 3 is 2.08 bits per heavy atom. The van der Waals surface area contributed by atoms with Gasteiger partial charge in [0.15, 0.2) is 0 Å². The number of nitrogens with zero attached hydrogens (tertiary/aromatic N) is 1. The smallest absolute Gasteiger partial charge is 0.318 e. The van der Waals surface area contributed by atoms with Crippen molar-refractivity contribution in [2.24, 2.45) is 10.6 Å². The molecule has 1 aromatic carbocycles. The van der Waals surface area contributed by atoms with Gasteiger partial charge in [0.1, 0.15) is 0 Å².